The van der Waals surface area contributed by atoms with Gasteiger partial charge in [-0.2, -0.15) is 0 Å². The van der Waals surface area contributed by atoms with Crippen LogP contribution in [0.1, 0.15) is 16.8 Å². The molecule has 1 N–H and O–H groups in total. The number of hydrogen-bond acceptors (Lipinski definition) is 4. The second-order valence-electron chi connectivity index (χ2n) is 5.28. The molecule has 1 saturated heterocycles. The Bertz CT molecular complexity index is 598. The first kappa shape index (κ1) is 14.8. The maximum absolute atomic E-state index is 11.6. The van der Waals surface area contributed by atoms with Gasteiger partial charge in [-0.3, -0.25) is 4.79 Å². The van der Waals surface area contributed by atoms with Crippen LogP contribution >= 0.6 is 0 Å². The molecule has 1 amide bonds. The lowest BCUT2D eigenvalue weighted by molar-refractivity contribution is 0.0963. The average Bonchev–Trinajstić information content (AvgIpc) is 2.77. The van der Waals surface area contributed by atoms with E-state index in [1.165, 1.54) is 0 Å². The molecule has 1 aromatic carbocycles. The number of hydrogen-bond donors (Lipinski definition) is 1. The lowest BCUT2D eigenvalue weighted by atomic mass is 10.1. The molecule has 0 saturated carbocycles. The zero-order chi connectivity index (χ0) is 14.8. The molecule has 0 bridgehead atoms. The molecular formula is C14H20N2O3S. The van der Waals surface area contributed by atoms with Crippen LogP contribution in [0.15, 0.2) is 24.3 Å². The highest BCUT2D eigenvalue weighted by Gasteiger charge is 2.28. The lowest BCUT2D eigenvalue weighted by Crippen LogP contribution is -2.26. The highest BCUT2D eigenvalue weighted by molar-refractivity contribution is 7.91. The number of amides is 1. The molecule has 0 aliphatic carbocycles. The number of benzene rings is 1. The van der Waals surface area contributed by atoms with Crippen LogP contribution in [-0.2, 0) is 9.84 Å². The summed E-state index contributed by atoms with van der Waals surface area (Å²) in [6.45, 7) is 0.691. The van der Waals surface area contributed by atoms with Crippen molar-refractivity contribution in [3.8, 4) is 0 Å². The summed E-state index contributed by atoms with van der Waals surface area (Å²) >= 11 is 0. The van der Waals surface area contributed by atoms with E-state index < -0.39 is 9.84 Å². The zero-order valence-corrected chi connectivity index (χ0v) is 12.6. The molecule has 1 aliphatic rings. The van der Waals surface area contributed by atoms with Crippen molar-refractivity contribution in [2.24, 2.45) is 5.92 Å². The van der Waals surface area contributed by atoms with Gasteiger partial charge in [-0.15, -0.1) is 0 Å². The Morgan fingerprint density at radius 2 is 2.20 bits per heavy atom. The van der Waals surface area contributed by atoms with Crippen LogP contribution in [0, 0.1) is 5.92 Å². The van der Waals surface area contributed by atoms with Crippen molar-refractivity contribution in [3.63, 3.8) is 0 Å². The second-order valence-corrected chi connectivity index (χ2v) is 7.51. The third-order valence-electron chi connectivity index (χ3n) is 3.63. The molecule has 1 fully saturated rings. The molecule has 0 aromatic heterocycles. The van der Waals surface area contributed by atoms with E-state index in [0.717, 1.165) is 12.1 Å². The predicted molar refractivity (Wildman–Crippen MR) is 79.9 cm³/mol. The van der Waals surface area contributed by atoms with Crippen LogP contribution in [0.5, 0.6) is 0 Å². The largest absolute Gasteiger partial charge is 0.374 e. The van der Waals surface area contributed by atoms with Crippen LogP contribution in [0.4, 0.5) is 5.69 Å². The number of nitrogens with zero attached hydrogens (tertiary/aromatic N) is 1. The van der Waals surface area contributed by atoms with E-state index in [9.17, 15) is 13.2 Å². The monoisotopic (exact) mass is 296 g/mol. The molecule has 2 rings (SSSR count). The maximum atomic E-state index is 11.6. The van der Waals surface area contributed by atoms with Gasteiger partial charge >= 0.3 is 0 Å². The van der Waals surface area contributed by atoms with Crippen molar-refractivity contribution >= 4 is 21.4 Å². The topological polar surface area (TPSA) is 66.5 Å². The molecule has 6 heteroatoms. The van der Waals surface area contributed by atoms with Gasteiger partial charge in [-0.1, -0.05) is 6.07 Å². The normalized spacial score (nSPS) is 20.6. The van der Waals surface area contributed by atoms with Crippen LogP contribution in [0.3, 0.4) is 0 Å². The number of anilines is 1. The molecule has 1 aliphatic heterocycles. The Balaban J connectivity index is 2.06. The first-order chi connectivity index (χ1) is 9.41. The van der Waals surface area contributed by atoms with Gasteiger partial charge in [0.15, 0.2) is 9.84 Å². The van der Waals surface area contributed by atoms with Crippen molar-refractivity contribution in [3.05, 3.63) is 29.8 Å². The first-order valence-corrected chi connectivity index (χ1v) is 8.47. The Morgan fingerprint density at radius 1 is 1.45 bits per heavy atom. The fourth-order valence-corrected chi connectivity index (χ4v) is 4.39. The number of carbonyl (C=O) groups is 1. The molecule has 1 heterocycles. The quantitative estimate of drug-likeness (QED) is 0.897. The van der Waals surface area contributed by atoms with E-state index in [2.05, 4.69) is 5.32 Å². The zero-order valence-electron chi connectivity index (χ0n) is 11.8. The van der Waals surface area contributed by atoms with E-state index in [-0.39, 0.29) is 17.6 Å². The van der Waals surface area contributed by atoms with Gasteiger partial charge in [0.25, 0.3) is 5.91 Å². The fraction of sp³-hybridized carbons (Fsp3) is 0.500. The molecule has 1 atom stereocenters. The van der Waals surface area contributed by atoms with Crippen molar-refractivity contribution < 1.29 is 13.2 Å². The number of rotatable bonds is 4. The van der Waals surface area contributed by atoms with Crippen molar-refractivity contribution in [2.45, 2.75) is 6.42 Å². The highest BCUT2D eigenvalue weighted by atomic mass is 32.2. The van der Waals surface area contributed by atoms with Crippen LogP contribution in [-0.4, -0.2) is 46.5 Å². The Morgan fingerprint density at radius 3 is 2.80 bits per heavy atom. The predicted octanol–water partition coefficient (Wildman–Crippen LogP) is 0.917. The van der Waals surface area contributed by atoms with Crippen molar-refractivity contribution in [2.75, 3.05) is 37.0 Å². The number of carbonyl (C=O) groups excluding carboxylic acids is 1. The van der Waals surface area contributed by atoms with E-state index in [1.54, 1.807) is 13.1 Å². The Kier molecular flexibility index (Phi) is 4.32. The lowest BCUT2D eigenvalue weighted by Gasteiger charge is -2.23. The summed E-state index contributed by atoms with van der Waals surface area (Å²) in [5.41, 5.74) is 1.53. The summed E-state index contributed by atoms with van der Waals surface area (Å²) in [5.74, 6) is 0.619. The Hall–Kier alpha value is -1.56. The molecule has 5 nitrogen and oxygen atoms in total. The second kappa shape index (κ2) is 5.83. The molecule has 20 heavy (non-hydrogen) atoms. The van der Waals surface area contributed by atoms with Gasteiger partial charge < -0.3 is 10.2 Å². The van der Waals surface area contributed by atoms with Gasteiger partial charge in [0.2, 0.25) is 0 Å². The standard InChI is InChI=1S/C14H20N2O3S/c1-15-14(17)12-4-3-5-13(8-12)16(2)9-11-6-7-20(18,19)10-11/h3-5,8,11H,6-7,9-10H2,1-2H3,(H,15,17). The minimum Gasteiger partial charge on any atom is -0.374 e. The molecule has 1 aromatic rings. The first-order valence-electron chi connectivity index (χ1n) is 6.65. The molecule has 0 radical (unpaired) electrons. The summed E-state index contributed by atoms with van der Waals surface area (Å²) in [6, 6.07) is 7.34. The number of nitrogens with one attached hydrogen (secondary N) is 1. The molecule has 110 valence electrons. The number of sulfone groups is 1. The van der Waals surface area contributed by atoms with Crippen molar-refractivity contribution in [1.29, 1.82) is 0 Å². The third-order valence-corrected chi connectivity index (χ3v) is 5.47. The fourth-order valence-electron chi connectivity index (χ4n) is 2.54. The smallest absolute Gasteiger partial charge is 0.251 e. The van der Waals surface area contributed by atoms with Gasteiger partial charge in [-0.05, 0) is 30.5 Å². The SMILES string of the molecule is CNC(=O)c1cccc(N(C)CC2CCS(=O)(=O)C2)c1. The van der Waals surface area contributed by atoms with Crippen molar-refractivity contribution in [1.82, 2.24) is 5.32 Å². The van der Waals surface area contributed by atoms with Gasteiger partial charge in [-0.25, -0.2) is 8.42 Å². The summed E-state index contributed by atoms with van der Waals surface area (Å²) in [5, 5.41) is 2.59. The van der Waals surface area contributed by atoms with Gasteiger partial charge in [0.05, 0.1) is 11.5 Å². The molecular weight excluding hydrogens is 276 g/mol. The average molecular weight is 296 g/mol. The van der Waals surface area contributed by atoms with E-state index in [1.807, 2.05) is 30.1 Å². The van der Waals surface area contributed by atoms with E-state index in [4.69, 9.17) is 0 Å². The summed E-state index contributed by atoms with van der Waals surface area (Å²) in [7, 11) is 0.684. The van der Waals surface area contributed by atoms with Gasteiger partial charge in [0, 0.05) is 31.9 Å². The van der Waals surface area contributed by atoms with Crippen LogP contribution in [0.2, 0.25) is 0 Å². The minimum atomic E-state index is -2.84. The van der Waals surface area contributed by atoms with E-state index in [0.29, 0.717) is 17.9 Å². The molecule has 0 spiro atoms. The van der Waals surface area contributed by atoms with E-state index >= 15 is 0 Å². The summed E-state index contributed by atoms with van der Waals surface area (Å²) in [4.78, 5) is 13.6. The Labute approximate surface area is 119 Å². The maximum Gasteiger partial charge on any atom is 0.251 e. The molecule has 1 unspecified atom stereocenters. The third kappa shape index (κ3) is 3.50. The van der Waals surface area contributed by atoms with Crippen LogP contribution < -0.4 is 10.2 Å². The van der Waals surface area contributed by atoms with Gasteiger partial charge in [0.1, 0.15) is 0 Å². The van der Waals surface area contributed by atoms with Crippen LogP contribution in [0.25, 0.3) is 0 Å². The summed E-state index contributed by atoms with van der Waals surface area (Å²) < 4.78 is 22.9. The highest BCUT2D eigenvalue weighted by Crippen LogP contribution is 2.22. The minimum absolute atomic E-state index is 0.122. The summed E-state index contributed by atoms with van der Waals surface area (Å²) in [6.07, 6.45) is 0.724.